The first-order chi connectivity index (χ1) is 9.10. The molecule has 0 fully saturated rings. The van der Waals surface area contributed by atoms with Gasteiger partial charge in [-0.25, -0.2) is 9.97 Å². The molecule has 0 aliphatic rings. The number of ether oxygens (including phenoxy) is 1. The van der Waals surface area contributed by atoms with Crippen molar-refractivity contribution in [2.24, 2.45) is 0 Å². The van der Waals surface area contributed by atoms with E-state index in [4.69, 9.17) is 16.3 Å². The summed E-state index contributed by atoms with van der Waals surface area (Å²) in [5, 5.41) is 2.94. The third-order valence-electron chi connectivity index (χ3n) is 2.43. The second-order valence-electron chi connectivity index (χ2n) is 3.99. The van der Waals surface area contributed by atoms with Crippen molar-refractivity contribution in [1.82, 2.24) is 15.3 Å². The Balaban J connectivity index is 2.96. The van der Waals surface area contributed by atoms with Crippen LogP contribution in [-0.2, 0) is 16.1 Å². The van der Waals surface area contributed by atoms with E-state index in [2.05, 4.69) is 15.3 Å². The normalized spacial score (nSPS) is 10.3. The predicted molar refractivity (Wildman–Crippen MR) is 74.3 cm³/mol. The summed E-state index contributed by atoms with van der Waals surface area (Å²) in [6.07, 6.45) is 0.901. The summed E-state index contributed by atoms with van der Waals surface area (Å²) in [6.45, 7) is 3.28. The van der Waals surface area contributed by atoms with Crippen molar-refractivity contribution < 1.29 is 9.53 Å². The van der Waals surface area contributed by atoms with Crippen molar-refractivity contribution in [2.45, 2.75) is 20.0 Å². The molecule has 1 amide bonds. The molecule has 6 nitrogen and oxygen atoms in total. The Kier molecular flexibility index (Phi) is 6.52. The van der Waals surface area contributed by atoms with Gasteiger partial charge >= 0.3 is 0 Å². The van der Waals surface area contributed by atoms with Gasteiger partial charge in [0, 0.05) is 26.8 Å². The lowest BCUT2D eigenvalue weighted by Gasteiger charge is -2.22. The molecule has 1 N–H and O–H groups in total. The summed E-state index contributed by atoms with van der Waals surface area (Å²) >= 11 is 5.97. The molecule has 1 heterocycles. The number of nitrogens with zero attached hydrogens (tertiary/aromatic N) is 3. The van der Waals surface area contributed by atoms with Crippen LogP contribution in [0.25, 0.3) is 0 Å². The van der Waals surface area contributed by atoms with Gasteiger partial charge in [-0.3, -0.25) is 4.79 Å². The second kappa shape index (κ2) is 7.91. The highest BCUT2D eigenvalue weighted by Gasteiger charge is 2.13. The maximum atomic E-state index is 11.5. The molecule has 0 radical (unpaired) electrons. The van der Waals surface area contributed by atoms with Crippen molar-refractivity contribution in [2.75, 3.05) is 32.1 Å². The maximum absolute atomic E-state index is 11.5. The number of carbonyl (C=O) groups is 1. The first-order valence-corrected chi connectivity index (χ1v) is 6.46. The molecule has 0 unspecified atom stereocenters. The number of hydrogen-bond acceptors (Lipinski definition) is 5. The molecule has 1 rings (SSSR count). The van der Waals surface area contributed by atoms with Gasteiger partial charge in [-0.05, 0) is 6.42 Å². The highest BCUT2D eigenvalue weighted by molar-refractivity contribution is 6.29. The van der Waals surface area contributed by atoms with Crippen LogP contribution in [-0.4, -0.2) is 43.1 Å². The lowest BCUT2D eigenvalue weighted by Crippen LogP contribution is -2.36. The lowest BCUT2D eigenvalue weighted by molar-refractivity contribution is -0.119. The molecule has 1 aromatic heterocycles. The predicted octanol–water partition coefficient (Wildman–Crippen LogP) is 1.24. The Labute approximate surface area is 118 Å². The Morgan fingerprint density at radius 3 is 2.84 bits per heavy atom. The fraction of sp³-hybridized carbons (Fsp3) is 0.583. The van der Waals surface area contributed by atoms with Crippen LogP contribution < -0.4 is 10.2 Å². The number of nitrogens with one attached hydrogen (secondary N) is 1. The zero-order valence-corrected chi connectivity index (χ0v) is 12.2. The number of anilines is 1. The standard InChI is InChI=1S/C12H19ClN4O2/c1-4-5-17(7-12(18)14-2)11-6-9(13)15-10(16-11)8-19-3/h6H,4-5,7-8H2,1-3H3,(H,14,18). The zero-order chi connectivity index (χ0) is 14.3. The Morgan fingerprint density at radius 1 is 1.53 bits per heavy atom. The first-order valence-electron chi connectivity index (χ1n) is 6.08. The topological polar surface area (TPSA) is 67.4 Å². The summed E-state index contributed by atoms with van der Waals surface area (Å²) in [7, 11) is 3.17. The molecule has 0 saturated heterocycles. The minimum absolute atomic E-state index is 0.0727. The van der Waals surface area contributed by atoms with Crippen molar-refractivity contribution in [3.63, 3.8) is 0 Å². The van der Waals surface area contributed by atoms with E-state index in [0.717, 1.165) is 6.42 Å². The van der Waals surface area contributed by atoms with Crippen LogP contribution in [0.3, 0.4) is 0 Å². The SMILES string of the molecule is CCCN(CC(=O)NC)c1cc(Cl)nc(COC)n1. The van der Waals surface area contributed by atoms with E-state index in [0.29, 0.717) is 23.3 Å². The number of methoxy groups -OCH3 is 1. The second-order valence-corrected chi connectivity index (χ2v) is 4.38. The van der Waals surface area contributed by atoms with Gasteiger partial charge in [-0.2, -0.15) is 0 Å². The minimum Gasteiger partial charge on any atom is -0.377 e. The summed E-state index contributed by atoms with van der Waals surface area (Å²) < 4.78 is 5.00. The summed E-state index contributed by atoms with van der Waals surface area (Å²) in [5.41, 5.74) is 0. The first kappa shape index (κ1) is 15.7. The molecule has 1 aromatic rings. The summed E-state index contributed by atoms with van der Waals surface area (Å²) in [6, 6.07) is 1.65. The molecular weight excluding hydrogens is 268 g/mol. The number of hydrogen-bond donors (Lipinski definition) is 1. The maximum Gasteiger partial charge on any atom is 0.239 e. The van der Waals surface area contributed by atoms with E-state index in [9.17, 15) is 4.79 Å². The van der Waals surface area contributed by atoms with E-state index in [1.54, 1.807) is 20.2 Å². The van der Waals surface area contributed by atoms with Gasteiger partial charge < -0.3 is 15.0 Å². The van der Waals surface area contributed by atoms with Crippen LogP contribution in [0.2, 0.25) is 5.15 Å². The Hall–Kier alpha value is -1.40. The van der Waals surface area contributed by atoms with Crippen LogP contribution >= 0.6 is 11.6 Å². The quantitative estimate of drug-likeness (QED) is 0.764. The molecule has 0 atom stereocenters. The highest BCUT2D eigenvalue weighted by atomic mass is 35.5. The van der Waals surface area contributed by atoms with Crippen LogP contribution in [0, 0.1) is 0 Å². The van der Waals surface area contributed by atoms with Crippen molar-refractivity contribution >= 4 is 23.3 Å². The molecule has 0 saturated carbocycles. The molecule has 7 heteroatoms. The van der Waals surface area contributed by atoms with E-state index in [1.165, 1.54) is 0 Å². The lowest BCUT2D eigenvalue weighted by atomic mass is 10.3. The molecule has 0 spiro atoms. The average Bonchev–Trinajstić information content (AvgIpc) is 2.37. The molecule has 106 valence electrons. The average molecular weight is 287 g/mol. The van der Waals surface area contributed by atoms with Gasteiger partial charge in [0.1, 0.15) is 17.6 Å². The number of likely N-dealkylation sites (N-methyl/N-ethyl adjacent to an activating group) is 1. The van der Waals surface area contributed by atoms with Gasteiger partial charge in [0.05, 0.1) is 6.54 Å². The van der Waals surface area contributed by atoms with Crippen LogP contribution in [0.15, 0.2) is 6.07 Å². The molecular formula is C12H19ClN4O2. The minimum atomic E-state index is -0.0727. The molecule has 0 aliphatic heterocycles. The van der Waals surface area contributed by atoms with Gasteiger partial charge in [-0.15, -0.1) is 0 Å². The van der Waals surface area contributed by atoms with Gasteiger partial charge in [0.2, 0.25) is 5.91 Å². The van der Waals surface area contributed by atoms with E-state index in [1.807, 2.05) is 11.8 Å². The number of halogens is 1. The van der Waals surface area contributed by atoms with Crippen LogP contribution in [0.5, 0.6) is 0 Å². The monoisotopic (exact) mass is 286 g/mol. The number of amides is 1. The van der Waals surface area contributed by atoms with Gasteiger partial charge in [0.25, 0.3) is 0 Å². The van der Waals surface area contributed by atoms with Crippen LogP contribution in [0.1, 0.15) is 19.2 Å². The van der Waals surface area contributed by atoms with Crippen molar-refractivity contribution in [3.05, 3.63) is 17.0 Å². The number of aromatic nitrogens is 2. The summed E-state index contributed by atoms with van der Waals surface area (Å²) in [5.74, 6) is 1.07. The zero-order valence-electron chi connectivity index (χ0n) is 11.4. The third-order valence-corrected chi connectivity index (χ3v) is 2.63. The van der Waals surface area contributed by atoms with E-state index >= 15 is 0 Å². The fourth-order valence-corrected chi connectivity index (χ4v) is 1.80. The largest absolute Gasteiger partial charge is 0.377 e. The molecule has 0 aliphatic carbocycles. The Morgan fingerprint density at radius 2 is 2.26 bits per heavy atom. The number of rotatable bonds is 7. The Bertz CT molecular complexity index is 428. The van der Waals surface area contributed by atoms with Crippen molar-refractivity contribution in [1.29, 1.82) is 0 Å². The molecule has 0 bridgehead atoms. The third kappa shape index (κ3) is 5.00. The van der Waals surface area contributed by atoms with E-state index in [-0.39, 0.29) is 19.1 Å². The summed E-state index contributed by atoms with van der Waals surface area (Å²) in [4.78, 5) is 21.8. The van der Waals surface area contributed by atoms with Crippen LogP contribution in [0.4, 0.5) is 5.82 Å². The van der Waals surface area contributed by atoms with Crippen molar-refractivity contribution in [3.8, 4) is 0 Å². The van der Waals surface area contributed by atoms with Gasteiger partial charge in [-0.1, -0.05) is 18.5 Å². The smallest absolute Gasteiger partial charge is 0.239 e. The number of carbonyl (C=O) groups excluding carboxylic acids is 1. The fourth-order valence-electron chi connectivity index (χ4n) is 1.60. The van der Waals surface area contributed by atoms with Gasteiger partial charge in [0.15, 0.2) is 5.82 Å². The highest BCUT2D eigenvalue weighted by Crippen LogP contribution is 2.16. The molecule has 0 aromatic carbocycles. The van der Waals surface area contributed by atoms with E-state index < -0.39 is 0 Å². The molecule has 19 heavy (non-hydrogen) atoms.